The first-order valence-electron chi connectivity index (χ1n) is 5.60. The first kappa shape index (κ1) is 13.7. The molecule has 2 rings (SSSR count). The van der Waals surface area contributed by atoms with Crippen LogP contribution in [0, 0.1) is 6.92 Å². The summed E-state index contributed by atoms with van der Waals surface area (Å²) in [6, 6.07) is 10.1. The maximum atomic E-state index is 12.1. The van der Waals surface area contributed by atoms with Gasteiger partial charge in [-0.1, -0.05) is 35.3 Å². The second-order valence-corrected chi connectivity index (χ2v) is 4.94. The van der Waals surface area contributed by atoms with Crippen LogP contribution in [0.15, 0.2) is 36.4 Å². The topological polar surface area (TPSA) is 55.1 Å². The third-order valence-corrected chi connectivity index (χ3v) is 3.44. The first-order chi connectivity index (χ1) is 8.99. The lowest BCUT2D eigenvalue weighted by molar-refractivity contribution is 0.102. The van der Waals surface area contributed by atoms with Crippen LogP contribution in [-0.4, -0.2) is 5.91 Å². The molecule has 0 saturated heterocycles. The highest BCUT2D eigenvalue weighted by Gasteiger charge is 2.11. The highest BCUT2D eigenvalue weighted by molar-refractivity contribution is 6.35. The minimum Gasteiger partial charge on any atom is -0.397 e. The molecular weight excluding hydrogens is 283 g/mol. The molecule has 0 spiro atoms. The molecule has 5 heteroatoms. The Kier molecular flexibility index (Phi) is 3.98. The predicted octanol–water partition coefficient (Wildman–Crippen LogP) is 4.14. The lowest BCUT2D eigenvalue weighted by Crippen LogP contribution is -2.13. The number of aryl methyl sites for hydroxylation is 1. The molecule has 3 N–H and O–H groups in total. The van der Waals surface area contributed by atoms with Gasteiger partial charge in [0, 0.05) is 10.6 Å². The highest BCUT2D eigenvalue weighted by Crippen LogP contribution is 2.28. The standard InChI is InChI=1S/C14H12Cl2N2O/c1-8-5-6-9(7-11(8)16)14(19)18-13-10(15)3-2-4-12(13)17/h2-7H,17H2,1H3,(H,18,19). The van der Waals surface area contributed by atoms with E-state index >= 15 is 0 Å². The van der Waals surface area contributed by atoms with E-state index in [0.717, 1.165) is 5.56 Å². The van der Waals surface area contributed by atoms with E-state index < -0.39 is 0 Å². The third-order valence-electron chi connectivity index (χ3n) is 2.72. The van der Waals surface area contributed by atoms with Crippen molar-refractivity contribution in [3.63, 3.8) is 0 Å². The zero-order chi connectivity index (χ0) is 14.0. The number of benzene rings is 2. The summed E-state index contributed by atoms with van der Waals surface area (Å²) in [5.41, 5.74) is 7.97. The summed E-state index contributed by atoms with van der Waals surface area (Å²) in [4.78, 5) is 12.1. The van der Waals surface area contributed by atoms with Crippen molar-refractivity contribution < 1.29 is 4.79 Å². The Bertz CT molecular complexity index is 621. The van der Waals surface area contributed by atoms with E-state index in [9.17, 15) is 4.79 Å². The predicted molar refractivity (Wildman–Crippen MR) is 80.0 cm³/mol. The summed E-state index contributed by atoms with van der Waals surface area (Å²) >= 11 is 12.0. The SMILES string of the molecule is Cc1ccc(C(=O)Nc2c(N)cccc2Cl)cc1Cl. The van der Waals surface area contributed by atoms with E-state index in [0.29, 0.717) is 27.0 Å². The number of carbonyl (C=O) groups excluding carboxylic acids is 1. The van der Waals surface area contributed by atoms with Crippen molar-refractivity contribution in [2.24, 2.45) is 0 Å². The molecule has 0 aliphatic rings. The van der Waals surface area contributed by atoms with Crippen LogP contribution in [0.3, 0.4) is 0 Å². The normalized spacial score (nSPS) is 10.3. The molecule has 0 aliphatic carbocycles. The molecule has 0 saturated carbocycles. The molecule has 0 atom stereocenters. The van der Waals surface area contributed by atoms with E-state index in [2.05, 4.69) is 5.32 Å². The number of halogens is 2. The Hall–Kier alpha value is -1.71. The minimum absolute atomic E-state index is 0.304. The van der Waals surface area contributed by atoms with E-state index in [4.69, 9.17) is 28.9 Å². The van der Waals surface area contributed by atoms with Gasteiger partial charge in [0.15, 0.2) is 0 Å². The Morgan fingerprint density at radius 1 is 1.16 bits per heavy atom. The van der Waals surface area contributed by atoms with Crippen LogP contribution in [0.2, 0.25) is 10.0 Å². The zero-order valence-corrected chi connectivity index (χ0v) is 11.7. The summed E-state index contributed by atoms with van der Waals surface area (Å²) in [5, 5.41) is 3.62. The van der Waals surface area contributed by atoms with E-state index in [1.54, 1.807) is 36.4 Å². The van der Waals surface area contributed by atoms with Crippen LogP contribution in [0.25, 0.3) is 0 Å². The quantitative estimate of drug-likeness (QED) is 0.818. The molecule has 1 amide bonds. The number of carbonyl (C=O) groups is 1. The summed E-state index contributed by atoms with van der Waals surface area (Å²) in [7, 11) is 0. The maximum Gasteiger partial charge on any atom is 0.255 e. The van der Waals surface area contributed by atoms with Crippen molar-refractivity contribution >= 4 is 40.5 Å². The van der Waals surface area contributed by atoms with Crippen LogP contribution < -0.4 is 11.1 Å². The summed E-state index contributed by atoms with van der Waals surface area (Å²) < 4.78 is 0. The molecule has 0 fully saturated rings. The number of para-hydroxylation sites is 1. The third kappa shape index (κ3) is 3.00. The molecule has 2 aromatic rings. The van der Waals surface area contributed by atoms with Crippen molar-refractivity contribution in [1.82, 2.24) is 0 Å². The summed E-state index contributed by atoms with van der Waals surface area (Å²) in [6.45, 7) is 1.87. The van der Waals surface area contributed by atoms with Crippen molar-refractivity contribution in [1.29, 1.82) is 0 Å². The Labute approximate surface area is 121 Å². The van der Waals surface area contributed by atoms with Crippen molar-refractivity contribution in [2.75, 3.05) is 11.1 Å². The molecule has 0 heterocycles. The van der Waals surface area contributed by atoms with E-state index in [1.807, 2.05) is 6.92 Å². The molecule has 0 aliphatic heterocycles. The van der Waals surface area contributed by atoms with Crippen molar-refractivity contribution in [3.8, 4) is 0 Å². The van der Waals surface area contributed by atoms with Gasteiger partial charge in [-0.15, -0.1) is 0 Å². The highest BCUT2D eigenvalue weighted by atomic mass is 35.5. The van der Waals surface area contributed by atoms with Gasteiger partial charge in [0.25, 0.3) is 5.91 Å². The number of nitrogens with two attached hydrogens (primary N) is 1. The molecule has 0 aromatic heterocycles. The second kappa shape index (κ2) is 5.51. The van der Waals surface area contributed by atoms with Crippen LogP contribution >= 0.6 is 23.2 Å². The van der Waals surface area contributed by atoms with E-state index in [1.165, 1.54) is 0 Å². The van der Waals surface area contributed by atoms with E-state index in [-0.39, 0.29) is 5.91 Å². The van der Waals surface area contributed by atoms with Crippen LogP contribution in [-0.2, 0) is 0 Å². The van der Waals surface area contributed by atoms with Gasteiger partial charge in [0.05, 0.1) is 16.4 Å². The molecule has 0 radical (unpaired) electrons. The second-order valence-electron chi connectivity index (χ2n) is 4.12. The largest absolute Gasteiger partial charge is 0.397 e. The fourth-order valence-electron chi connectivity index (χ4n) is 1.59. The number of rotatable bonds is 2. The number of nitrogens with one attached hydrogen (secondary N) is 1. The fourth-order valence-corrected chi connectivity index (χ4v) is 2.00. The van der Waals surface area contributed by atoms with Gasteiger partial charge in [-0.05, 0) is 36.8 Å². The Balaban J connectivity index is 2.28. The number of amides is 1. The molecule has 0 bridgehead atoms. The summed E-state index contributed by atoms with van der Waals surface area (Å²) in [5.74, 6) is -0.304. The van der Waals surface area contributed by atoms with Gasteiger partial charge in [-0.2, -0.15) is 0 Å². The van der Waals surface area contributed by atoms with Crippen molar-refractivity contribution in [2.45, 2.75) is 6.92 Å². The van der Waals surface area contributed by atoms with Gasteiger partial charge in [-0.25, -0.2) is 0 Å². The fraction of sp³-hybridized carbons (Fsp3) is 0.0714. The maximum absolute atomic E-state index is 12.1. The van der Waals surface area contributed by atoms with Crippen LogP contribution in [0.5, 0.6) is 0 Å². The molecule has 3 nitrogen and oxygen atoms in total. The number of hydrogen-bond donors (Lipinski definition) is 2. The van der Waals surface area contributed by atoms with Gasteiger partial charge < -0.3 is 11.1 Å². The molecule has 98 valence electrons. The van der Waals surface area contributed by atoms with Gasteiger partial charge in [-0.3, -0.25) is 4.79 Å². The number of nitrogen functional groups attached to an aromatic ring is 1. The Morgan fingerprint density at radius 3 is 2.53 bits per heavy atom. The molecule has 2 aromatic carbocycles. The Morgan fingerprint density at radius 2 is 1.89 bits per heavy atom. The average Bonchev–Trinajstić information content (AvgIpc) is 2.37. The molecular formula is C14H12Cl2N2O. The van der Waals surface area contributed by atoms with Crippen molar-refractivity contribution in [3.05, 3.63) is 57.6 Å². The van der Waals surface area contributed by atoms with Gasteiger partial charge in [0.2, 0.25) is 0 Å². The van der Waals surface area contributed by atoms with Crippen LogP contribution in [0.4, 0.5) is 11.4 Å². The number of hydrogen-bond acceptors (Lipinski definition) is 2. The van der Waals surface area contributed by atoms with Gasteiger partial charge >= 0.3 is 0 Å². The molecule has 19 heavy (non-hydrogen) atoms. The molecule has 0 unspecified atom stereocenters. The average molecular weight is 295 g/mol. The number of anilines is 2. The zero-order valence-electron chi connectivity index (χ0n) is 10.2. The van der Waals surface area contributed by atoms with Crippen LogP contribution in [0.1, 0.15) is 15.9 Å². The summed E-state index contributed by atoms with van der Waals surface area (Å²) in [6.07, 6.45) is 0. The first-order valence-corrected chi connectivity index (χ1v) is 6.36. The smallest absolute Gasteiger partial charge is 0.255 e. The lowest BCUT2D eigenvalue weighted by atomic mass is 10.1. The lowest BCUT2D eigenvalue weighted by Gasteiger charge is -2.10. The minimum atomic E-state index is -0.304. The van der Waals surface area contributed by atoms with Gasteiger partial charge in [0.1, 0.15) is 0 Å². The monoisotopic (exact) mass is 294 g/mol.